The summed E-state index contributed by atoms with van der Waals surface area (Å²) in [5.41, 5.74) is 0.954. The van der Waals surface area contributed by atoms with Crippen molar-refractivity contribution in [3.05, 3.63) is 11.6 Å². The normalized spacial score (nSPS) is 22.6. The third-order valence-electron chi connectivity index (χ3n) is 1.70. The van der Waals surface area contributed by atoms with E-state index in [1.165, 1.54) is 0 Å². The molecule has 2 nitrogen and oxygen atoms in total. The van der Waals surface area contributed by atoms with E-state index in [2.05, 4.69) is 21.2 Å². The number of halogens is 1. The first-order chi connectivity index (χ1) is 5.34. The Labute approximate surface area is 75.2 Å². The number of alkyl halides is 1. The van der Waals surface area contributed by atoms with Crippen molar-refractivity contribution in [3.8, 4) is 0 Å². The molecule has 1 aliphatic heterocycles. The molecule has 0 aliphatic carbocycles. The molecule has 11 heavy (non-hydrogen) atoms. The molecule has 0 atom stereocenters. The molecule has 1 saturated heterocycles. The summed E-state index contributed by atoms with van der Waals surface area (Å²) in [5, 5.41) is 4.10. The van der Waals surface area contributed by atoms with Crippen LogP contribution < -0.4 is 5.32 Å². The average Bonchev–Trinajstić information content (AvgIpc) is 2.03. The van der Waals surface area contributed by atoms with E-state index in [0.29, 0.717) is 12.2 Å². The fourth-order valence-corrected chi connectivity index (χ4v) is 1.33. The van der Waals surface area contributed by atoms with Crippen molar-refractivity contribution in [2.24, 2.45) is 0 Å². The Morgan fingerprint density at radius 1 is 1.64 bits per heavy atom. The fourth-order valence-electron chi connectivity index (χ4n) is 1.10. The van der Waals surface area contributed by atoms with Gasteiger partial charge in [0, 0.05) is 30.4 Å². The van der Waals surface area contributed by atoms with E-state index in [4.69, 9.17) is 0 Å². The smallest absolute Gasteiger partial charge is 0.161 e. The van der Waals surface area contributed by atoms with Gasteiger partial charge in [-0.15, -0.1) is 0 Å². The first-order valence-corrected chi connectivity index (χ1v) is 4.95. The third-order valence-corrected chi connectivity index (χ3v) is 2.16. The maximum atomic E-state index is 11.2. The molecule has 1 heterocycles. The van der Waals surface area contributed by atoms with Gasteiger partial charge in [0.05, 0.1) is 0 Å². The van der Waals surface area contributed by atoms with Crippen LogP contribution in [0.25, 0.3) is 0 Å². The standard InChI is InChI=1S/C8H12BrNO/c9-4-1-2-7-6-10-5-3-8(7)11/h2,10H,1,3-6H2/b7-2-. The van der Waals surface area contributed by atoms with Gasteiger partial charge in [-0.1, -0.05) is 22.0 Å². The summed E-state index contributed by atoms with van der Waals surface area (Å²) >= 11 is 3.32. The second-order valence-corrected chi connectivity index (χ2v) is 3.35. The lowest BCUT2D eigenvalue weighted by molar-refractivity contribution is -0.116. The van der Waals surface area contributed by atoms with Crippen LogP contribution in [0.4, 0.5) is 0 Å². The van der Waals surface area contributed by atoms with E-state index in [9.17, 15) is 4.79 Å². The Bertz CT molecular complexity index is 177. The Morgan fingerprint density at radius 2 is 2.45 bits per heavy atom. The predicted octanol–water partition coefficient (Wildman–Crippen LogP) is 1.26. The summed E-state index contributed by atoms with van der Waals surface area (Å²) in [6, 6.07) is 0. The lowest BCUT2D eigenvalue weighted by Gasteiger charge is -2.13. The van der Waals surface area contributed by atoms with Crippen LogP contribution in [-0.2, 0) is 4.79 Å². The van der Waals surface area contributed by atoms with Crippen molar-refractivity contribution < 1.29 is 4.79 Å². The maximum absolute atomic E-state index is 11.2. The molecular formula is C8H12BrNO. The highest BCUT2D eigenvalue weighted by atomic mass is 79.9. The minimum atomic E-state index is 0.310. The molecule has 0 aromatic carbocycles. The van der Waals surface area contributed by atoms with Gasteiger partial charge in [-0.2, -0.15) is 0 Å². The summed E-state index contributed by atoms with van der Waals surface area (Å²) in [4.78, 5) is 11.2. The third kappa shape index (κ3) is 2.75. The molecule has 1 rings (SSSR count). The van der Waals surface area contributed by atoms with Crippen LogP contribution >= 0.6 is 15.9 Å². The summed E-state index contributed by atoms with van der Waals surface area (Å²) in [6.07, 6.45) is 3.63. The summed E-state index contributed by atoms with van der Waals surface area (Å²) in [6.45, 7) is 1.59. The quantitative estimate of drug-likeness (QED) is 0.558. The maximum Gasteiger partial charge on any atom is 0.161 e. The van der Waals surface area contributed by atoms with Gasteiger partial charge in [0.2, 0.25) is 0 Å². The molecule has 0 spiro atoms. The number of allylic oxidation sites excluding steroid dienone is 1. The van der Waals surface area contributed by atoms with Gasteiger partial charge < -0.3 is 5.32 Å². The van der Waals surface area contributed by atoms with E-state index in [1.807, 2.05) is 6.08 Å². The zero-order valence-electron chi connectivity index (χ0n) is 6.40. The molecular weight excluding hydrogens is 206 g/mol. The highest BCUT2D eigenvalue weighted by Gasteiger charge is 2.12. The Kier molecular flexibility index (Phi) is 3.80. The van der Waals surface area contributed by atoms with E-state index in [1.54, 1.807) is 0 Å². The average molecular weight is 218 g/mol. The topological polar surface area (TPSA) is 29.1 Å². The Hall–Kier alpha value is -0.150. The molecule has 0 amide bonds. The minimum Gasteiger partial charge on any atom is -0.312 e. The van der Waals surface area contributed by atoms with Crippen molar-refractivity contribution in [2.75, 3.05) is 18.4 Å². The number of nitrogens with one attached hydrogen (secondary N) is 1. The van der Waals surface area contributed by atoms with Crippen LogP contribution in [0, 0.1) is 0 Å². The number of carbonyl (C=O) groups excluding carboxylic acids is 1. The van der Waals surface area contributed by atoms with Gasteiger partial charge in [0.25, 0.3) is 0 Å². The summed E-state index contributed by atoms with van der Waals surface area (Å²) in [7, 11) is 0. The second kappa shape index (κ2) is 4.67. The largest absolute Gasteiger partial charge is 0.312 e. The predicted molar refractivity (Wildman–Crippen MR) is 49.0 cm³/mol. The monoisotopic (exact) mass is 217 g/mol. The SMILES string of the molecule is O=C1CCNC/C1=C/CCBr. The lowest BCUT2D eigenvalue weighted by Crippen LogP contribution is -2.30. The molecule has 1 aliphatic rings. The Morgan fingerprint density at radius 3 is 3.09 bits per heavy atom. The van der Waals surface area contributed by atoms with Crippen molar-refractivity contribution >= 4 is 21.7 Å². The highest BCUT2D eigenvalue weighted by molar-refractivity contribution is 9.09. The second-order valence-electron chi connectivity index (χ2n) is 2.56. The van der Waals surface area contributed by atoms with Crippen LogP contribution in [0.1, 0.15) is 12.8 Å². The summed E-state index contributed by atoms with van der Waals surface area (Å²) in [5.74, 6) is 0.310. The number of carbonyl (C=O) groups is 1. The van der Waals surface area contributed by atoms with Crippen molar-refractivity contribution in [3.63, 3.8) is 0 Å². The van der Waals surface area contributed by atoms with Gasteiger partial charge in [0.1, 0.15) is 0 Å². The number of Topliss-reactive ketones (excluding diaryl/α,β-unsaturated/α-hetero) is 1. The van der Waals surface area contributed by atoms with Gasteiger partial charge in [0.15, 0.2) is 5.78 Å². The lowest BCUT2D eigenvalue weighted by atomic mass is 10.0. The highest BCUT2D eigenvalue weighted by Crippen LogP contribution is 2.05. The van der Waals surface area contributed by atoms with Crippen LogP contribution in [-0.4, -0.2) is 24.2 Å². The molecule has 0 bridgehead atoms. The fraction of sp³-hybridized carbons (Fsp3) is 0.625. The van der Waals surface area contributed by atoms with E-state index in [0.717, 1.165) is 30.4 Å². The van der Waals surface area contributed by atoms with Gasteiger partial charge >= 0.3 is 0 Å². The number of rotatable bonds is 2. The molecule has 0 aromatic heterocycles. The van der Waals surface area contributed by atoms with Crippen LogP contribution in [0.3, 0.4) is 0 Å². The van der Waals surface area contributed by atoms with Crippen LogP contribution in [0.5, 0.6) is 0 Å². The minimum absolute atomic E-state index is 0.310. The first kappa shape index (κ1) is 8.94. The van der Waals surface area contributed by atoms with E-state index < -0.39 is 0 Å². The van der Waals surface area contributed by atoms with Crippen LogP contribution in [0.2, 0.25) is 0 Å². The van der Waals surface area contributed by atoms with Crippen molar-refractivity contribution in [1.82, 2.24) is 5.32 Å². The number of hydrogen-bond acceptors (Lipinski definition) is 2. The van der Waals surface area contributed by atoms with Crippen molar-refractivity contribution in [2.45, 2.75) is 12.8 Å². The van der Waals surface area contributed by atoms with Gasteiger partial charge in [-0.25, -0.2) is 0 Å². The molecule has 1 N–H and O–H groups in total. The Balaban J connectivity index is 2.47. The summed E-state index contributed by atoms with van der Waals surface area (Å²) < 4.78 is 0. The van der Waals surface area contributed by atoms with Gasteiger partial charge in [-0.05, 0) is 6.42 Å². The number of ketones is 1. The molecule has 1 fully saturated rings. The van der Waals surface area contributed by atoms with Crippen molar-refractivity contribution in [1.29, 1.82) is 0 Å². The van der Waals surface area contributed by atoms with Crippen LogP contribution in [0.15, 0.2) is 11.6 Å². The zero-order valence-corrected chi connectivity index (χ0v) is 7.99. The molecule has 0 radical (unpaired) electrons. The van der Waals surface area contributed by atoms with Gasteiger partial charge in [-0.3, -0.25) is 4.79 Å². The van der Waals surface area contributed by atoms with E-state index >= 15 is 0 Å². The first-order valence-electron chi connectivity index (χ1n) is 3.83. The molecule has 3 heteroatoms. The molecule has 0 unspecified atom stereocenters. The molecule has 0 saturated carbocycles. The number of hydrogen-bond donors (Lipinski definition) is 1. The van der Waals surface area contributed by atoms with E-state index in [-0.39, 0.29) is 0 Å². The molecule has 0 aromatic rings. The molecule has 62 valence electrons. The zero-order chi connectivity index (χ0) is 8.10. The number of piperidine rings is 1.